The van der Waals surface area contributed by atoms with Crippen LogP contribution in [0.2, 0.25) is 0 Å². The lowest BCUT2D eigenvalue weighted by Crippen LogP contribution is -2.53. The number of amides is 2. The molecule has 2 amide bonds. The molecule has 1 atom stereocenters. The maximum Gasteiger partial charge on any atom is 0.244 e. The number of carbonyl (C=O) groups excluding carboxylic acids is 2. The molecule has 3 rings (SSSR count). The summed E-state index contributed by atoms with van der Waals surface area (Å²) in [5.41, 5.74) is 7.24. The molecular weight excluding hydrogens is 423 g/mol. The van der Waals surface area contributed by atoms with E-state index in [0.717, 1.165) is 64.0 Å². The van der Waals surface area contributed by atoms with Crippen LogP contribution in [0.1, 0.15) is 43.7 Å². The molecule has 0 unspecified atom stereocenters. The van der Waals surface area contributed by atoms with Gasteiger partial charge >= 0.3 is 0 Å². The van der Waals surface area contributed by atoms with E-state index in [-0.39, 0.29) is 42.0 Å². The van der Waals surface area contributed by atoms with Gasteiger partial charge in [-0.3, -0.25) is 9.59 Å². The van der Waals surface area contributed by atoms with Crippen LogP contribution in [0, 0.1) is 5.41 Å². The quantitative estimate of drug-likeness (QED) is 0.711. The first-order valence-corrected chi connectivity index (χ1v) is 10.4. The molecule has 170 valence electrons. The van der Waals surface area contributed by atoms with Crippen LogP contribution in [-0.4, -0.2) is 73.3 Å². The van der Waals surface area contributed by atoms with Crippen molar-refractivity contribution in [3.05, 3.63) is 35.9 Å². The molecule has 0 saturated carbocycles. The van der Waals surface area contributed by atoms with Crippen LogP contribution in [0.15, 0.2) is 30.3 Å². The first-order chi connectivity index (χ1) is 13.4. The van der Waals surface area contributed by atoms with E-state index in [1.165, 1.54) is 0 Å². The summed E-state index contributed by atoms with van der Waals surface area (Å²) in [7, 11) is 4.12. The van der Waals surface area contributed by atoms with Gasteiger partial charge in [0.25, 0.3) is 0 Å². The maximum absolute atomic E-state index is 12.8. The van der Waals surface area contributed by atoms with Crippen LogP contribution < -0.4 is 5.73 Å². The summed E-state index contributed by atoms with van der Waals surface area (Å²) >= 11 is 0. The molecule has 2 aliphatic heterocycles. The zero-order chi connectivity index (χ0) is 20.1. The molecule has 0 bridgehead atoms. The second-order valence-corrected chi connectivity index (χ2v) is 8.69. The van der Waals surface area contributed by atoms with Gasteiger partial charge in [0.1, 0.15) is 6.04 Å². The van der Waals surface area contributed by atoms with Gasteiger partial charge in [-0.2, -0.15) is 0 Å². The Bertz CT molecular complexity index is 679. The predicted molar refractivity (Wildman–Crippen MR) is 125 cm³/mol. The van der Waals surface area contributed by atoms with Crippen molar-refractivity contribution in [1.82, 2.24) is 14.7 Å². The monoisotopic (exact) mass is 458 g/mol. The number of hydrogen-bond acceptors (Lipinski definition) is 4. The molecule has 0 aromatic heterocycles. The molecule has 1 aromatic carbocycles. The number of hydrogen-bond donors (Lipinski definition) is 1. The second-order valence-electron chi connectivity index (χ2n) is 8.69. The first kappa shape index (κ1) is 26.7. The highest BCUT2D eigenvalue weighted by Gasteiger charge is 2.42. The molecule has 1 spiro atoms. The summed E-state index contributed by atoms with van der Waals surface area (Å²) in [6, 6.07) is 8.99. The molecule has 2 heterocycles. The normalized spacial score (nSPS) is 19.3. The second kappa shape index (κ2) is 11.9. The van der Waals surface area contributed by atoms with Crippen LogP contribution in [0.4, 0.5) is 0 Å². The number of halogens is 2. The number of benzene rings is 1. The summed E-state index contributed by atoms with van der Waals surface area (Å²) in [6.45, 7) is 4.14. The van der Waals surface area contributed by atoms with Crippen LogP contribution in [0.5, 0.6) is 0 Å². The number of likely N-dealkylation sites (tertiary alicyclic amines) is 2. The first-order valence-electron chi connectivity index (χ1n) is 10.4. The molecule has 6 nitrogen and oxygen atoms in total. The lowest BCUT2D eigenvalue weighted by molar-refractivity contribution is -0.143. The number of rotatable bonds is 6. The fourth-order valence-corrected chi connectivity index (χ4v) is 4.49. The van der Waals surface area contributed by atoms with Crippen molar-refractivity contribution in [2.45, 2.75) is 38.1 Å². The number of piperidine rings is 2. The predicted octanol–water partition coefficient (Wildman–Crippen LogP) is 2.71. The summed E-state index contributed by atoms with van der Waals surface area (Å²) in [5.74, 6) is 0.296. The fraction of sp³-hybridized carbons (Fsp3) is 0.636. The Morgan fingerprint density at radius 1 is 1.13 bits per heavy atom. The van der Waals surface area contributed by atoms with Gasteiger partial charge in [-0.1, -0.05) is 30.3 Å². The van der Waals surface area contributed by atoms with Crippen molar-refractivity contribution in [1.29, 1.82) is 0 Å². The average Bonchev–Trinajstić information content (AvgIpc) is 2.71. The molecule has 0 radical (unpaired) electrons. The van der Waals surface area contributed by atoms with Crippen LogP contribution in [-0.2, 0) is 9.59 Å². The fourth-order valence-electron chi connectivity index (χ4n) is 4.49. The number of nitrogens with two attached hydrogens (primary N) is 1. The van der Waals surface area contributed by atoms with Crippen LogP contribution in [0.25, 0.3) is 0 Å². The Morgan fingerprint density at radius 3 is 2.37 bits per heavy atom. The Morgan fingerprint density at radius 2 is 1.77 bits per heavy atom. The standard InChI is InChI=1S/C22H34N4O2.2ClH/c1-24(2)13-6-14-26-17-22(10-9-19(26)27)11-15-25(16-12-22)21(28)20(23)18-7-4-3-5-8-18;;/h3-5,7-8,20H,6,9-17,23H2,1-2H3;2*1H/t20-;;/m0../s1. The highest BCUT2D eigenvalue weighted by molar-refractivity contribution is 5.85. The topological polar surface area (TPSA) is 69.9 Å². The van der Waals surface area contributed by atoms with Crippen molar-refractivity contribution in [2.24, 2.45) is 11.1 Å². The third kappa shape index (κ3) is 6.58. The Labute approximate surface area is 193 Å². The van der Waals surface area contributed by atoms with E-state index in [1.807, 2.05) is 35.2 Å². The van der Waals surface area contributed by atoms with E-state index >= 15 is 0 Å². The van der Waals surface area contributed by atoms with Gasteiger partial charge in [-0.15, -0.1) is 24.8 Å². The molecule has 2 N–H and O–H groups in total. The van der Waals surface area contributed by atoms with Crippen LogP contribution in [0.3, 0.4) is 0 Å². The van der Waals surface area contributed by atoms with E-state index in [0.29, 0.717) is 6.42 Å². The lowest BCUT2D eigenvalue weighted by Gasteiger charge is -2.47. The summed E-state index contributed by atoms with van der Waals surface area (Å²) in [5, 5.41) is 0. The minimum Gasteiger partial charge on any atom is -0.342 e. The molecule has 1 aromatic rings. The van der Waals surface area contributed by atoms with E-state index < -0.39 is 6.04 Å². The molecule has 2 saturated heterocycles. The third-order valence-corrected chi connectivity index (χ3v) is 6.34. The van der Waals surface area contributed by atoms with Gasteiger partial charge in [-0.05, 0) is 57.3 Å². The van der Waals surface area contributed by atoms with Crippen molar-refractivity contribution in [2.75, 3.05) is 46.8 Å². The summed E-state index contributed by atoms with van der Waals surface area (Å²) < 4.78 is 0. The van der Waals surface area contributed by atoms with Gasteiger partial charge in [-0.25, -0.2) is 0 Å². The van der Waals surface area contributed by atoms with Gasteiger partial charge in [0.2, 0.25) is 11.8 Å². The number of carbonyl (C=O) groups is 2. The smallest absolute Gasteiger partial charge is 0.244 e. The highest BCUT2D eigenvalue weighted by atomic mass is 35.5. The Balaban J connectivity index is 0.00000225. The number of nitrogens with zero attached hydrogens (tertiary/aromatic N) is 3. The van der Waals surface area contributed by atoms with Crippen molar-refractivity contribution in [3.63, 3.8) is 0 Å². The zero-order valence-corrected chi connectivity index (χ0v) is 19.7. The Kier molecular flexibility index (Phi) is 10.6. The van der Waals surface area contributed by atoms with Crippen LogP contribution >= 0.6 is 24.8 Å². The van der Waals surface area contributed by atoms with Crippen molar-refractivity contribution >= 4 is 36.6 Å². The van der Waals surface area contributed by atoms with Gasteiger partial charge in [0.05, 0.1) is 0 Å². The van der Waals surface area contributed by atoms with Gasteiger partial charge < -0.3 is 20.4 Å². The lowest BCUT2D eigenvalue weighted by atomic mass is 9.72. The molecule has 2 aliphatic rings. The van der Waals surface area contributed by atoms with Crippen molar-refractivity contribution < 1.29 is 9.59 Å². The van der Waals surface area contributed by atoms with E-state index in [1.54, 1.807) is 0 Å². The van der Waals surface area contributed by atoms with E-state index in [9.17, 15) is 9.59 Å². The molecular formula is C22H36Cl2N4O2. The van der Waals surface area contributed by atoms with Crippen molar-refractivity contribution in [3.8, 4) is 0 Å². The van der Waals surface area contributed by atoms with Gasteiger partial charge in [0, 0.05) is 32.6 Å². The average molecular weight is 459 g/mol. The van der Waals surface area contributed by atoms with E-state index in [4.69, 9.17) is 5.73 Å². The molecule has 30 heavy (non-hydrogen) atoms. The largest absolute Gasteiger partial charge is 0.342 e. The third-order valence-electron chi connectivity index (χ3n) is 6.34. The minimum absolute atomic E-state index is 0. The molecule has 8 heteroatoms. The summed E-state index contributed by atoms with van der Waals surface area (Å²) in [4.78, 5) is 31.3. The SMILES string of the molecule is CN(C)CCCN1CC2(CCC1=O)CCN(C(=O)[C@@H](N)c1ccccc1)CC2.Cl.Cl. The van der Waals surface area contributed by atoms with E-state index in [2.05, 4.69) is 23.9 Å². The van der Waals surface area contributed by atoms with Gasteiger partial charge in [0.15, 0.2) is 0 Å². The Hall–Kier alpha value is -1.34. The maximum atomic E-state index is 12.8. The molecule has 0 aliphatic carbocycles. The minimum atomic E-state index is -0.592. The zero-order valence-electron chi connectivity index (χ0n) is 18.1. The molecule has 2 fully saturated rings. The highest BCUT2D eigenvalue weighted by Crippen LogP contribution is 2.40. The summed E-state index contributed by atoms with van der Waals surface area (Å²) in [6.07, 6.45) is 4.50.